The van der Waals surface area contributed by atoms with Crippen molar-refractivity contribution in [2.24, 2.45) is 11.1 Å². The number of fused-ring (bicyclic) bond motifs is 1. The number of hydrogen-bond donors (Lipinski definition) is 4. The molecule has 2 fully saturated rings. The highest BCUT2D eigenvalue weighted by atomic mass is 32.1. The number of piperidine rings is 1. The van der Waals surface area contributed by atoms with Crippen molar-refractivity contribution in [1.29, 1.82) is 5.41 Å². The summed E-state index contributed by atoms with van der Waals surface area (Å²) in [7, 11) is 0. The minimum Gasteiger partial charge on any atom is -0.457 e. The molecule has 3 aromatic rings. The fourth-order valence-corrected chi connectivity index (χ4v) is 6.24. The van der Waals surface area contributed by atoms with Crippen molar-refractivity contribution in [2.45, 2.75) is 51.2 Å². The Labute approximate surface area is 237 Å². The van der Waals surface area contributed by atoms with E-state index in [2.05, 4.69) is 17.6 Å². The van der Waals surface area contributed by atoms with Crippen molar-refractivity contribution in [1.82, 2.24) is 15.5 Å². The van der Waals surface area contributed by atoms with E-state index in [9.17, 15) is 14.4 Å². The van der Waals surface area contributed by atoms with Gasteiger partial charge in [0.15, 0.2) is 0 Å². The quantitative estimate of drug-likeness (QED) is 0.220. The summed E-state index contributed by atoms with van der Waals surface area (Å²) < 4.78 is 5.77. The standard InChI is InChI=1S/C30H33N5O4S/c1-18(24-12-19(17-40-24)13-26(31)32)34-29(38)23-14-30(2)15-25(30)35(23)27(36)16-33-28(37)20-8-10-22(11-9-20)39-21-6-4-3-5-7-21/h3-12,17-18,23,25H,13-16H2,1-2H3,(H3,31,32)(H,33,37)(H,34,38)/t18?,23-,25-,30+/m0/s1. The van der Waals surface area contributed by atoms with Crippen LogP contribution in [-0.4, -0.2) is 47.1 Å². The predicted molar refractivity (Wildman–Crippen MR) is 154 cm³/mol. The SMILES string of the molecule is CC(NC(=O)[C@@H]1C[C@]2(C)C[C@@H]2N1C(=O)CNC(=O)c1ccc(Oc2ccccc2)cc1)c1cc(CC(=N)N)cs1. The van der Waals surface area contributed by atoms with Gasteiger partial charge in [0.2, 0.25) is 11.8 Å². The number of amidine groups is 1. The van der Waals surface area contributed by atoms with Gasteiger partial charge in [-0.2, -0.15) is 0 Å². The molecule has 10 heteroatoms. The molecule has 4 atom stereocenters. The topological polar surface area (TPSA) is 138 Å². The molecule has 208 valence electrons. The van der Waals surface area contributed by atoms with E-state index in [0.29, 0.717) is 29.9 Å². The summed E-state index contributed by atoms with van der Waals surface area (Å²) in [5.41, 5.74) is 6.78. The molecule has 1 unspecified atom stereocenters. The van der Waals surface area contributed by atoms with Crippen LogP contribution in [0, 0.1) is 10.8 Å². The van der Waals surface area contributed by atoms with E-state index in [1.54, 1.807) is 29.2 Å². The van der Waals surface area contributed by atoms with Gasteiger partial charge in [0, 0.05) is 22.9 Å². The van der Waals surface area contributed by atoms with E-state index < -0.39 is 6.04 Å². The zero-order valence-corrected chi connectivity index (χ0v) is 23.3. The van der Waals surface area contributed by atoms with Gasteiger partial charge < -0.3 is 26.0 Å². The second-order valence-corrected chi connectivity index (χ2v) is 11.7. The van der Waals surface area contributed by atoms with Crippen LogP contribution in [0.4, 0.5) is 0 Å². The number of hydrogen-bond acceptors (Lipinski definition) is 6. The van der Waals surface area contributed by atoms with Crippen LogP contribution >= 0.6 is 11.3 Å². The molecule has 2 heterocycles. The Morgan fingerprint density at radius 3 is 2.52 bits per heavy atom. The van der Waals surface area contributed by atoms with Gasteiger partial charge in [0.1, 0.15) is 17.5 Å². The van der Waals surface area contributed by atoms with E-state index in [1.807, 2.05) is 48.7 Å². The predicted octanol–water partition coefficient (Wildman–Crippen LogP) is 4.01. The van der Waals surface area contributed by atoms with Crippen molar-refractivity contribution >= 4 is 34.9 Å². The second kappa shape index (κ2) is 11.1. The van der Waals surface area contributed by atoms with Crippen LogP contribution in [0.5, 0.6) is 11.5 Å². The maximum Gasteiger partial charge on any atom is 0.251 e. The minimum atomic E-state index is -0.582. The number of benzene rings is 2. The second-order valence-electron chi connectivity index (χ2n) is 10.8. The van der Waals surface area contributed by atoms with Crippen molar-refractivity contribution in [3.63, 3.8) is 0 Å². The van der Waals surface area contributed by atoms with Crippen LogP contribution in [0.2, 0.25) is 0 Å². The average Bonchev–Trinajstić information content (AvgIpc) is 3.22. The molecule has 1 aromatic heterocycles. The van der Waals surface area contributed by atoms with Gasteiger partial charge in [-0.15, -0.1) is 11.3 Å². The molecule has 9 nitrogen and oxygen atoms in total. The number of rotatable bonds is 10. The molecule has 2 aromatic carbocycles. The van der Waals surface area contributed by atoms with Crippen molar-refractivity contribution in [3.05, 3.63) is 82.0 Å². The van der Waals surface area contributed by atoms with Gasteiger partial charge >= 0.3 is 0 Å². The molecule has 1 aliphatic carbocycles. The summed E-state index contributed by atoms with van der Waals surface area (Å²) in [5, 5.41) is 15.2. The molecule has 1 aliphatic heterocycles. The third kappa shape index (κ3) is 6.02. The number of nitrogens with zero attached hydrogens (tertiary/aromatic N) is 1. The first-order chi connectivity index (χ1) is 19.1. The zero-order chi connectivity index (χ0) is 28.4. The Kier molecular flexibility index (Phi) is 7.62. The lowest BCUT2D eigenvalue weighted by Gasteiger charge is -2.28. The summed E-state index contributed by atoms with van der Waals surface area (Å²) in [5.74, 6) is 0.557. The van der Waals surface area contributed by atoms with Crippen molar-refractivity contribution in [2.75, 3.05) is 6.54 Å². The lowest BCUT2D eigenvalue weighted by Crippen LogP contribution is -2.51. The summed E-state index contributed by atoms with van der Waals surface area (Å²) in [6, 6.07) is 17.2. The number of ether oxygens (including phenoxy) is 1. The molecule has 0 bridgehead atoms. The lowest BCUT2D eigenvalue weighted by molar-refractivity contribution is -0.139. The number of amides is 3. The number of carbonyl (C=O) groups excluding carboxylic acids is 3. The van der Waals surface area contributed by atoms with E-state index in [1.165, 1.54) is 11.3 Å². The number of thiophene rings is 1. The van der Waals surface area contributed by atoms with Gasteiger partial charge in [-0.1, -0.05) is 25.1 Å². The highest BCUT2D eigenvalue weighted by molar-refractivity contribution is 7.10. The number of nitrogens with one attached hydrogen (secondary N) is 3. The Balaban J connectivity index is 1.17. The smallest absolute Gasteiger partial charge is 0.251 e. The first-order valence-corrected chi connectivity index (χ1v) is 14.1. The lowest BCUT2D eigenvalue weighted by atomic mass is 10.0. The van der Waals surface area contributed by atoms with Crippen LogP contribution < -0.4 is 21.1 Å². The van der Waals surface area contributed by atoms with Crippen LogP contribution in [0.1, 0.15) is 53.5 Å². The van der Waals surface area contributed by atoms with Crippen LogP contribution in [0.3, 0.4) is 0 Å². The van der Waals surface area contributed by atoms with Crippen LogP contribution in [0.25, 0.3) is 0 Å². The molecule has 0 radical (unpaired) electrons. The summed E-state index contributed by atoms with van der Waals surface area (Å²) in [6.45, 7) is 3.81. The number of para-hydroxylation sites is 1. The normalized spacial score (nSPS) is 21.7. The number of nitrogens with two attached hydrogens (primary N) is 1. The van der Waals surface area contributed by atoms with E-state index in [4.69, 9.17) is 15.9 Å². The van der Waals surface area contributed by atoms with E-state index in [0.717, 1.165) is 16.9 Å². The highest BCUT2D eigenvalue weighted by Gasteiger charge is 2.64. The van der Waals surface area contributed by atoms with Gasteiger partial charge in [-0.05, 0) is 78.6 Å². The first kappa shape index (κ1) is 27.4. The van der Waals surface area contributed by atoms with E-state index in [-0.39, 0.29) is 47.6 Å². The average molecular weight is 560 g/mol. The summed E-state index contributed by atoms with van der Waals surface area (Å²) in [6.07, 6.45) is 1.83. The Bertz CT molecular complexity index is 1420. The minimum absolute atomic E-state index is 0.00119. The maximum absolute atomic E-state index is 13.3. The zero-order valence-electron chi connectivity index (χ0n) is 22.5. The van der Waals surface area contributed by atoms with Gasteiger partial charge in [-0.25, -0.2) is 0 Å². The number of likely N-dealkylation sites (tertiary alicyclic amines) is 1. The molecule has 1 saturated carbocycles. The molecular formula is C30H33N5O4S. The van der Waals surface area contributed by atoms with Gasteiger partial charge in [0.25, 0.3) is 5.91 Å². The van der Waals surface area contributed by atoms with E-state index >= 15 is 0 Å². The molecule has 2 aliphatic rings. The monoisotopic (exact) mass is 559 g/mol. The molecular weight excluding hydrogens is 526 g/mol. The summed E-state index contributed by atoms with van der Waals surface area (Å²) >= 11 is 1.51. The van der Waals surface area contributed by atoms with Crippen LogP contribution in [0.15, 0.2) is 66.0 Å². The molecule has 1 saturated heterocycles. The fraction of sp³-hybridized carbons (Fsp3) is 0.333. The van der Waals surface area contributed by atoms with Crippen molar-refractivity contribution < 1.29 is 19.1 Å². The number of carbonyl (C=O) groups is 3. The maximum atomic E-state index is 13.3. The molecule has 0 spiro atoms. The first-order valence-electron chi connectivity index (χ1n) is 13.3. The Morgan fingerprint density at radius 1 is 1.12 bits per heavy atom. The van der Waals surface area contributed by atoms with Crippen LogP contribution in [-0.2, 0) is 16.0 Å². The molecule has 40 heavy (non-hydrogen) atoms. The highest BCUT2D eigenvalue weighted by Crippen LogP contribution is 2.59. The summed E-state index contributed by atoms with van der Waals surface area (Å²) in [4.78, 5) is 42.0. The third-order valence-corrected chi connectivity index (χ3v) is 8.74. The Morgan fingerprint density at radius 2 is 1.82 bits per heavy atom. The largest absolute Gasteiger partial charge is 0.457 e. The molecule has 3 amide bonds. The Hall–Kier alpha value is -4.18. The van der Waals surface area contributed by atoms with Gasteiger partial charge in [-0.3, -0.25) is 19.8 Å². The fourth-order valence-electron chi connectivity index (χ4n) is 5.32. The third-order valence-electron chi connectivity index (χ3n) is 7.58. The van der Waals surface area contributed by atoms with Gasteiger partial charge in [0.05, 0.1) is 18.4 Å². The molecule has 5 rings (SSSR count). The molecule has 5 N–H and O–H groups in total. The van der Waals surface area contributed by atoms with Crippen molar-refractivity contribution in [3.8, 4) is 11.5 Å².